The van der Waals surface area contributed by atoms with Crippen molar-refractivity contribution in [1.82, 2.24) is 9.97 Å². The molecule has 0 unspecified atom stereocenters. The topological polar surface area (TPSA) is 74.8 Å². The summed E-state index contributed by atoms with van der Waals surface area (Å²) in [7, 11) is 0. The predicted octanol–water partition coefficient (Wildman–Crippen LogP) is 4.43. The van der Waals surface area contributed by atoms with Crippen molar-refractivity contribution < 1.29 is 9.18 Å². The van der Waals surface area contributed by atoms with Gasteiger partial charge in [-0.25, -0.2) is 9.37 Å². The Morgan fingerprint density at radius 2 is 1.89 bits per heavy atom. The molecule has 2 heterocycles. The minimum absolute atomic E-state index is 0.0181. The van der Waals surface area contributed by atoms with Crippen LogP contribution in [0.5, 0.6) is 0 Å². The van der Waals surface area contributed by atoms with E-state index in [-0.39, 0.29) is 16.3 Å². The molecule has 2 N–H and O–H groups in total. The largest absolute Gasteiger partial charge is 0.322 e. The molecule has 7 heteroatoms. The number of anilines is 1. The summed E-state index contributed by atoms with van der Waals surface area (Å²) in [5.74, 6) is -0.879. The summed E-state index contributed by atoms with van der Waals surface area (Å²) in [5, 5.41) is 4.18. The zero-order valence-electron chi connectivity index (χ0n) is 14.1. The summed E-state index contributed by atoms with van der Waals surface area (Å²) in [6.07, 6.45) is 0. The molecule has 0 radical (unpaired) electrons. The van der Waals surface area contributed by atoms with E-state index in [1.165, 1.54) is 18.2 Å². The lowest BCUT2D eigenvalue weighted by atomic mass is 10.1. The molecule has 2 aromatic carbocycles. The molecular weight excluding hydrogens is 369 g/mol. The van der Waals surface area contributed by atoms with Crippen LogP contribution in [-0.2, 0) is 0 Å². The quantitative estimate of drug-likeness (QED) is 0.504. The Hall–Kier alpha value is -3.25. The molecule has 4 rings (SSSR count). The third kappa shape index (κ3) is 3.27. The van der Waals surface area contributed by atoms with E-state index in [9.17, 15) is 14.0 Å². The van der Waals surface area contributed by atoms with Crippen molar-refractivity contribution in [2.24, 2.45) is 0 Å². The molecule has 5 nitrogen and oxygen atoms in total. The number of hydrogen-bond donors (Lipinski definition) is 2. The molecule has 2 aromatic heterocycles. The lowest BCUT2D eigenvalue weighted by Gasteiger charge is -2.09. The molecule has 0 saturated heterocycles. The van der Waals surface area contributed by atoms with Crippen molar-refractivity contribution in [3.63, 3.8) is 0 Å². The summed E-state index contributed by atoms with van der Waals surface area (Å²) in [6, 6.07) is 12.6. The molecule has 0 aliphatic carbocycles. The van der Waals surface area contributed by atoms with Crippen molar-refractivity contribution in [2.75, 3.05) is 5.32 Å². The monoisotopic (exact) mass is 381 g/mol. The van der Waals surface area contributed by atoms with E-state index in [1.807, 2.05) is 0 Å². The number of pyridine rings is 2. The standard InChI is InChI=1S/C20H13ClFN3O2/c1-10-6-11-3-5-14(9-17(11)25-19(10)26)23-20(27)15-7-12-2-4-13(22)8-16(12)24-18(15)21/h2-9H,1H3,(H,23,27)(H,25,26). The first-order valence-corrected chi connectivity index (χ1v) is 8.49. The normalized spacial score (nSPS) is 11.1. The van der Waals surface area contributed by atoms with Crippen LogP contribution in [0.25, 0.3) is 21.8 Å². The van der Waals surface area contributed by atoms with Crippen LogP contribution >= 0.6 is 11.6 Å². The maximum absolute atomic E-state index is 13.3. The van der Waals surface area contributed by atoms with Crippen LogP contribution in [0.2, 0.25) is 5.15 Å². The first-order valence-electron chi connectivity index (χ1n) is 8.11. The molecule has 4 aromatic rings. The van der Waals surface area contributed by atoms with Crippen molar-refractivity contribution >= 4 is 45.0 Å². The smallest absolute Gasteiger partial charge is 0.258 e. The number of amides is 1. The number of halogens is 2. The number of aryl methyl sites for hydroxylation is 1. The van der Waals surface area contributed by atoms with E-state index >= 15 is 0 Å². The lowest BCUT2D eigenvalue weighted by Crippen LogP contribution is -2.14. The van der Waals surface area contributed by atoms with E-state index in [4.69, 9.17) is 11.6 Å². The first kappa shape index (κ1) is 17.2. The van der Waals surface area contributed by atoms with Gasteiger partial charge in [0.05, 0.1) is 16.6 Å². The summed E-state index contributed by atoms with van der Waals surface area (Å²) >= 11 is 6.11. The average molecular weight is 382 g/mol. The highest BCUT2D eigenvalue weighted by Gasteiger charge is 2.14. The van der Waals surface area contributed by atoms with Crippen molar-refractivity contribution in [2.45, 2.75) is 6.92 Å². The number of hydrogen-bond acceptors (Lipinski definition) is 3. The zero-order valence-corrected chi connectivity index (χ0v) is 14.9. The number of nitrogens with one attached hydrogen (secondary N) is 2. The van der Waals surface area contributed by atoms with Gasteiger partial charge in [-0.15, -0.1) is 0 Å². The fourth-order valence-corrected chi connectivity index (χ4v) is 3.09. The number of nitrogens with zero attached hydrogens (tertiary/aromatic N) is 1. The van der Waals surface area contributed by atoms with Crippen molar-refractivity contribution in [3.05, 3.63) is 81.0 Å². The molecule has 0 bridgehead atoms. The predicted molar refractivity (Wildman–Crippen MR) is 104 cm³/mol. The molecule has 0 atom stereocenters. The number of aromatic nitrogens is 2. The highest BCUT2D eigenvalue weighted by Crippen LogP contribution is 2.23. The number of carbonyl (C=O) groups is 1. The second-order valence-electron chi connectivity index (χ2n) is 6.20. The van der Waals surface area contributed by atoms with Gasteiger partial charge in [-0.3, -0.25) is 9.59 Å². The van der Waals surface area contributed by atoms with E-state index in [0.29, 0.717) is 27.7 Å². The summed E-state index contributed by atoms with van der Waals surface area (Å²) < 4.78 is 13.3. The minimum atomic E-state index is -0.451. The van der Waals surface area contributed by atoms with Gasteiger partial charge in [0.1, 0.15) is 11.0 Å². The number of aromatic amines is 1. The third-order valence-corrected chi connectivity index (χ3v) is 4.56. The van der Waals surface area contributed by atoms with Gasteiger partial charge in [0.25, 0.3) is 11.5 Å². The van der Waals surface area contributed by atoms with Gasteiger partial charge in [-0.1, -0.05) is 17.7 Å². The van der Waals surface area contributed by atoms with Gasteiger partial charge in [-0.05, 0) is 48.7 Å². The van der Waals surface area contributed by atoms with Crippen LogP contribution in [0.3, 0.4) is 0 Å². The number of benzene rings is 2. The second-order valence-corrected chi connectivity index (χ2v) is 6.56. The van der Waals surface area contributed by atoms with Crippen molar-refractivity contribution in [3.8, 4) is 0 Å². The van der Waals surface area contributed by atoms with Crippen LogP contribution in [0.4, 0.5) is 10.1 Å². The van der Waals surface area contributed by atoms with E-state index in [0.717, 1.165) is 5.39 Å². The van der Waals surface area contributed by atoms with Crippen molar-refractivity contribution in [1.29, 1.82) is 0 Å². The van der Waals surface area contributed by atoms with Crippen LogP contribution in [0.15, 0.2) is 53.3 Å². The second kappa shape index (κ2) is 6.48. The van der Waals surface area contributed by atoms with Crippen LogP contribution in [0, 0.1) is 12.7 Å². The summed E-state index contributed by atoms with van der Waals surface area (Å²) in [6.45, 7) is 1.73. The average Bonchev–Trinajstić information content (AvgIpc) is 2.62. The van der Waals surface area contributed by atoms with Gasteiger partial charge in [0.15, 0.2) is 0 Å². The highest BCUT2D eigenvalue weighted by molar-refractivity contribution is 6.33. The van der Waals surface area contributed by atoms with Gasteiger partial charge in [-0.2, -0.15) is 0 Å². The Kier molecular flexibility index (Phi) is 4.12. The Morgan fingerprint density at radius 1 is 1.11 bits per heavy atom. The van der Waals surface area contributed by atoms with Gasteiger partial charge < -0.3 is 10.3 Å². The number of fused-ring (bicyclic) bond motifs is 2. The number of carbonyl (C=O) groups excluding carboxylic acids is 1. The Labute approximate surface area is 157 Å². The summed E-state index contributed by atoms with van der Waals surface area (Å²) in [4.78, 5) is 31.3. The summed E-state index contributed by atoms with van der Waals surface area (Å²) in [5.41, 5.74) is 2.09. The van der Waals surface area contributed by atoms with E-state index < -0.39 is 11.7 Å². The molecule has 1 amide bonds. The molecule has 27 heavy (non-hydrogen) atoms. The highest BCUT2D eigenvalue weighted by atomic mass is 35.5. The SMILES string of the molecule is Cc1cc2ccc(NC(=O)c3cc4ccc(F)cc4nc3Cl)cc2[nH]c1=O. The minimum Gasteiger partial charge on any atom is -0.322 e. The van der Waals surface area contributed by atoms with E-state index in [1.54, 1.807) is 37.3 Å². The Morgan fingerprint density at radius 3 is 2.70 bits per heavy atom. The molecular formula is C20H13ClFN3O2. The zero-order chi connectivity index (χ0) is 19.1. The first-order chi connectivity index (χ1) is 12.9. The Bertz CT molecular complexity index is 1280. The van der Waals surface area contributed by atoms with Gasteiger partial charge >= 0.3 is 0 Å². The number of H-pyrrole nitrogens is 1. The maximum Gasteiger partial charge on any atom is 0.258 e. The lowest BCUT2D eigenvalue weighted by molar-refractivity contribution is 0.102. The van der Waals surface area contributed by atoms with Crippen LogP contribution in [0.1, 0.15) is 15.9 Å². The maximum atomic E-state index is 13.3. The Balaban J connectivity index is 1.69. The third-order valence-electron chi connectivity index (χ3n) is 4.27. The number of rotatable bonds is 2. The fraction of sp³-hybridized carbons (Fsp3) is 0.0500. The van der Waals surface area contributed by atoms with Crippen LogP contribution in [-0.4, -0.2) is 15.9 Å². The molecule has 0 aliphatic heterocycles. The van der Waals surface area contributed by atoms with E-state index in [2.05, 4.69) is 15.3 Å². The fourth-order valence-electron chi connectivity index (χ4n) is 2.86. The van der Waals surface area contributed by atoms with Gasteiger partial charge in [0.2, 0.25) is 0 Å². The molecule has 0 aliphatic rings. The molecule has 134 valence electrons. The molecule has 0 saturated carbocycles. The van der Waals surface area contributed by atoms with Crippen LogP contribution < -0.4 is 10.9 Å². The molecule has 0 spiro atoms. The van der Waals surface area contributed by atoms with Gasteiger partial charge in [0, 0.05) is 22.7 Å². The molecule has 0 fully saturated rings.